The van der Waals surface area contributed by atoms with Crippen molar-refractivity contribution in [1.29, 1.82) is 0 Å². The second-order valence-corrected chi connectivity index (χ2v) is 4.11. The van der Waals surface area contributed by atoms with Crippen LogP contribution in [0.2, 0.25) is 0 Å². The maximum absolute atomic E-state index is 13.0. The van der Waals surface area contributed by atoms with E-state index in [1.807, 2.05) is 5.38 Å². The van der Waals surface area contributed by atoms with Crippen molar-refractivity contribution in [2.24, 2.45) is 5.73 Å². The van der Waals surface area contributed by atoms with Crippen molar-refractivity contribution in [2.45, 2.75) is 6.04 Å². The summed E-state index contributed by atoms with van der Waals surface area (Å²) in [5.41, 5.74) is 6.76. The highest BCUT2D eigenvalue weighted by molar-refractivity contribution is 7.08. The molecular formula is C11H8F3NS. The maximum atomic E-state index is 13.0. The number of benzene rings is 1. The molecule has 84 valence electrons. The Morgan fingerprint density at radius 1 is 1.06 bits per heavy atom. The lowest BCUT2D eigenvalue weighted by Crippen LogP contribution is -2.12. The maximum Gasteiger partial charge on any atom is 0.194 e. The molecule has 0 aliphatic rings. The van der Waals surface area contributed by atoms with Gasteiger partial charge < -0.3 is 5.73 Å². The third kappa shape index (κ3) is 1.96. The minimum absolute atomic E-state index is 0.217. The number of nitrogens with two attached hydrogens (primary N) is 1. The number of rotatable bonds is 2. The molecule has 0 radical (unpaired) electrons. The van der Waals surface area contributed by atoms with E-state index in [0.717, 1.165) is 17.7 Å². The van der Waals surface area contributed by atoms with Gasteiger partial charge in [-0.2, -0.15) is 11.3 Å². The fourth-order valence-corrected chi connectivity index (χ4v) is 2.10. The zero-order valence-electron chi connectivity index (χ0n) is 8.08. The van der Waals surface area contributed by atoms with Crippen molar-refractivity contribution in [3.8, 4) is 0 Å². The summed E-state index contributed by atoms with van der Waals surface area (Å²) in [5, 5.41) is 3.59. The molecule has 1 nitrogen and oxygen atoms in total. The Hall–Kier alpha value is -1.33. The smallest absolute Gasteiger partial charge is 0.194 e. The average molecular weight is 243 g/mol. The van der Waals surface area contributed by atoms with Gasteiger partial charge in [0.1, 0.15) is 0 Å². The molecular weight excluding hydrogens is 235 g/mol. The van der Waals surface area contributed by atoms with Crippen LogP contribution in [0.4, 0.5) is 13.2 Å². The summed E-state index contributed by atoms with van der Waals surface area (Å²) in [5.74, 6) is -3.91. The van der Waals surface area contributed by atoms with Crippen LogP contribution < -0.4 is 5.73 Å². The Labute approximate surface area is 94.3 Å². The van der Waals surface area contributed by atoms with Crippen molar-refractivity contribution >= 4 is 11.3 Å². The van der Waals surface area contributed by atoms with Crippen LogP contribution >= 0.6 is 11.3 Å². The van der Waals surface area contributed by atoms with Crippen molar-refractivity contribution < 1.29 is 13.2 Å². The Balaban J connectivity index is 2.42. The molecule has 0 unspecified atom stereocenters. The molecule has 0 bridgehead atoms. The van der Waals surface area contributed by atoms with Crippen LogP contribution in [0.25, 0.3) is 0 Å². The molecule has 0 aliphatic carbocycles. The largest absolute Gasteiger partial charge is 0.320 e. The first kappa shape index (κ1) is 11.2. The van der Waals surface area contributed by atoms with Gasteiger partial charge in [0.15, 0.2) is 17.5 Å². The van der Waals surface area contributed by atoms with Gasteiger partial charge in [0.05, 0.1) is 6.04 Å². The summed E-state index contributed by atoms with van der Waals surface area (Å²) in [7, 11) is 0. The van der Waals surface area contributed by atoms with Gasteiger partial charge in [0, 0.05) is 0 Å². The number of halogens is 3. The zero-order valence-corrected chi connectivity index (χ0v) is 8.90. The van der Waals surface area contributed by atoms with Crippen molar-refractivity contribution in [2.75, 3.05) is 0 Å². The van der Waals surface area contributed by atoms with Gasteiger partial charge >= 0.3 is 0 Å². The summed E-state index contributed by atoms with van der Waals surface area (Å²) in [6.45, 7) is 0. The SMILES string of the molecule is N[C@H](c1ccsc1)c1cc(F)c(F)c(F)c1. The highest BCUT2D eigenvalue weighted by Gasteiger charge is 2.16. The Bertz CT molecular complexity index is 473. The van der Waals surface area contributed by atoms with E-state index in [4.69, 9.17) is 5.73 Å². The van der Waals surface area contributed by atoms with Gasteiger partial charge in [-0.3, -0.25) is 0 Å². The van der Waals surface area contributed by atoms with Crippen LogP contribution in [-0.4, -0.2) is 0 Å². The number of thiophene rings is 1. The number of hydrogen-bond donors (Lipinski definition) is 1. The first-order chi connectivity index (χ1) is 7.59. The second kappa shape index (κ2) is 4.27. The van der Waals surface area contributed by atoms with Crippen LogP contribution in [0.15, 0.2) is 29.0 Å². The van der Waals surface area contributed by atoms with Crippen LogP contribution in [0.5, 0.6) is 0 Å². The number of hydrogen-bond acceptors (Lipinski definition) is 2. The molecule has 0 aliphatic heterocycles. The van der Waals surface area contributed by atoms with Crippen LogP contribution in [0.1, 0.15) is 17.2 Å². The van der Waals surface area contributed by atoms with E-state index < -0.39 is 23.5 Å². The summed E-state index contributed by atoms with van der Waals surface area (Å²) in [6, 6.07) is 2.95. The molecule has 2 N–H and O–H groups in total. The van der Waals surface area contributed by atoms with E-state index in [2.05, 4.69) is 0 Å². The Morgan fingerprint density at radius 3 is 2.19 bits per heavy atom. The molecule has 5 heteroatoms. The van der Waals surface area contributed by atoms with Crippen LogP contribution in [0, 0.1) is 17.5 Å². The third-order valence-electron chi connectivity index (χ3n) is 2.27. The van der Waals surface area contributed by atoms with E-state index in [1.54, 1.807) is 11.4 Å². The lowest BCUT2D eigenvalue weighted by molar-refractivity contribution is 0.444. The minimum Gasteiger partial charge on any atom is -0.320 e. The van der Waals surface area contributed by atoms with E-state index in [1.165, 1.54) is 11.3 Å². The molecule has 0 amide bonds. The molecule has 0 fully saturated rings. The summed E-state index contributed by atoms with van der Waals surface area (Å²) >= 11 is 1.43. The quantitative estimate of drug-likeness (QED) is 0.805. The predicted molar refractivity (Wildman–Crippen MR) is 56.7 cm³/mol. The van der Waals surface area contributed by atoms with Crippen LogP contribution in [-0.2, 0) is 0 Å². The molecule has 1 atom stereocenters. The minimum atomic E-state index is -1.47. The highest BCUT2D eigenvalue weighted by Crippen LogP contribution is 2.24. The van der Waals surface area contributed by atoms with Crippen molar-refractivity contribution in [1.82, 2.24) is 0 Å². The van der Waals surface area contributed by atoms with Gasteiger partial charge in [-0.05, 0) is 40.1 Å². The normalized spacial score (nSPS) is 12.8. The van der Waals surface area contributed by atoms with Gasteiger partial charge in [0.2, 0.25) is 0 Å². The first-order valence-electron chi connectivity index (χ1n) is 4.51. The van der Waals surface area contributed by atoms with E-state index in [9.17, 15) is 13.2 Å². The molecule has 1 heterocycles. The van der Waals surface area contributed by atoms with E-state index in [0.29, 0.717) is 0 Å². The molecule has 1 aromatic heterocycles. The van der Waals surface area contributed by atoms with Crippen LogP contribution in [0.3, 0.4) is 0 Å². The molecule has 1 aromatic carbocycles. The zero-order chi connectivity index (χ0) is 11.7. The van der Waals surface area contributed by atoms with Gasteiger partial charge in [0.25, 0.3) is 0 Å². The average Bonchev–Trinajstić information content (AvgIpc) is 2.77. The predicted octanol–water partition coefficient (Wildman–Crippen LogP) is 3.21. The van der Waals surface area contributed by atoms with Gasteiger partial charge in [-0.25, -0.2) is 13.2 Å². The summed E-state index contributed by atoms with van der Waals surface area (Å²) in [4.78, 5) is 0. The fraction of sp³-hybridized carbons (Fsp3) is 0.0909. The molecule has 0 spiro atoms. The molecule has 16 heavy (non-hydrogen) atoms. The van der Waals surface area contributed by atoms with E-state index >= 15 is 0 Å². The summed E-state index contributed by atoms with van der Waals surface area (Å²) < 4.78 is 38.7. The molecule has 2 rings (SSSR count). The van der Waals surface area contributed by atoms with Crippen molar-refractivity contribution in [3.63, 3.8) is 0 Å². The molecule has 0 saturated carbocycles. The van der Waals surface area contributed by atoms with E-state index in [-0.39, 0.29) is 5.56 Å². The van der Waals surface area contributed by atoms with Gasteiger partial charge in [-0.15, -0.1) is 0 Å². The fourth-order valence-electron chi connectivity index (χ4n) is 1.40. The highest BCUT2D eigenvalue weighted by atomic mass is 32.1. The Kier molecular flexibility index (Phi) is 2.98. The lowest BCUT2D eigenvalue weighted by Gasteiger charge is -2.11. The lowest BCUT2D eigenvalue weighted by atomic mass is 10.0. The standard InChI is InChI=1S/C11H8F3NS/c12-8-3-7(4-9(13)10(8)14)11(15)6-1-2-16-5-6/h1-5,11H,15H2/t11-/m1/s1. The van der Waals surface area contributed by atoms with Gasteiger partial charge in [-0.1, -0.05) is 0 Å². The Morgan fingerprint density at radius 2 is 1.69 bits per heavy atom. The topological polar surface area (TPSA) is 26.0 Å². The molecule has 0 saturated heterocycles. The second-order valence-electron chi connectivity index (χ2n) is 3.33. The van der Waals surface area contributed by atoms with Crippen molar-refractivity contribution in [3.05, 3.63) is 57.5 Å². The third-order valence-corrected chi connectivity index (χ3v) is 2.97. The molecule has 2 aromatic rings. The summed E-state index contributed by atoms with van der Waals surface area (Å²) in [6.07, 6.45) is 0. The monoisotopic (exact) mass is 243 g/mol. The first-order valence-corrected chi connectivity index (χ1v) is 5.46.